The predicted molar refractivity (Wildman–Crippen MR) is 85.1 cm³/mol. The number of nitrogens with one attached hydrogen (secondary N) is 1. The SMILES string of the molecule is CCc1ccc([N+](=O)[O-])cc1S(=O)(=O)NC(CN)CC(C)C. The molecule has 0 saturated carbocycles. The molecule has 0 saturated heterocycles. The van der Waals surface area contributed by atoms with Crippen molar-refractivity contribution in [2.75, 3.05) is 6.54 Å². The summed E-state index contributed by atoms with van der Waals surface area (Å²) < 4.78 is 27.7. The Bertz CT molecular complexity index is 629. The first-order valence-corrected chi connectivity index (χ1v) is 8.69. The number of sulfonamides is 1. The smallest absolute Gasteiger partial charge is 0.270 e. The van der Waals surface area contributed by atoms with Crippen molar-refractivity contribution in [1.29, 1.82) is 0 Å². The van der Waals surface area contributed by atoms with Crippen LogP contribution in [0.3, 0.4) is 0 Å². The van der Waals surface area contributed by atoms with Gasteiger partial charge in [0, 0.05) is 24.7 Å². The number of nitrogens with two attached hydrogens (primary N) is 1. The second-order valence-electron chi connectivity index (χ2n) is 5.59. The number of hydrogen-bond donors (Lipinski definition) is 2. The molecule has 7 nitrogen and oxygen atoms in total. The van der Waals surface area contributed by atoms with Crippen molar-refractivity contribution in [3.63, 3.8) is 0 Å². The summed E-state index contributed by atoms with van der Waals surface area (Å²) in [5.41, 5.74) is 5.92. The maximum absolute atomic E-state index is 12.5. The fourth-order valence-electron chi connectivity index (χ4n) is 2.24. The zero-order chi connectivity index (χ0) is 16.9. The molecule has 1 unspecified atom stereocenters. The van der Waals surface area contributed by atoms with Crippen molar-refractivity contribution in [2.45, 2.75) is 44.6 Å². The summed E-state index contributed by atoms with van der Waals surface area (Å²) in [7, 11) is -3.85. The van der Waals surface area contributed by atoms with E-state index in [4.69, 9.17) is 5.73 Å². The van der Waals surface area contributed by atoms with Gasteiger partial charge in [0.25, 0.3) is 5.69 Å². The molecule has 8 heteroatoms. The van der Waals surface area contributed by atoms with E-state index in [9.17, 15) is 18.5 Å². The molecule has 3 N–H and O–H groups in total. The number of nitro benzene ring substituents is 1. The molecule has 1 atom stereocenters. The summed E-state index contributed by atoms with van der Waals surface area (Å²) in [5.74, 6) is 0.284. The Labute approximate surface area is 131 Å². The van der Waals surface area contributed by atoms with Crippen molar-refractivity contribution in [3.05, 3.63) is 33.9 Å². The zero-order valence-electron chi connectivity index (χ0n) is 13.1. The third-order valence-electron chi connectivity index (χ3n) is 3.29. The first-order valence-electron chi connectivity index (χ1n) is 7.21. The maximum atomic E-state index is 12.5. The molecule has 0 radical (unpaired) electrons. The minimum Gasteiger partial charge on any atom is -0.329 e. The lowest BCUT2D eigenvalue weighted by molar-refractivity contribution is -0.385. The molecule has 0 aliphatic carbocycles. The molecule has 0 spiro atoms. The number of nitro groups is 1. The Morgan fingerprint density at radius 1 is 1.36 bits per heavy atom. The van der Waals surface area contributed by atoms with E-state index in [-0.39, 0.29) is 23.0 Å². The first-order chi connectivity index (χ1) is 10.2. The van der Waals surface area contributed by atoms with Crippen LogP contribution in [0, 0.1) is 16.0 Å². The van der Waals surface area contributed by atoms with Gasteiger partial charge in [0.2, 0.25) is 10.0 Å². The van der Waals surface area contributed by atoms with E-state index in [0.29, 0.717) is 18.4 Å². The summed E-state index contributed by atoms with van der Waals surface area (Å²) in [6.45, 7) is 5.92. The molecular formula is C14H23N3O4S. The van der Waals surface area contributed by atoms with Gasteiger partial charge in [-0.3, -0.25) is 10.1 Å². The largest absolute Gasteiger partial charge is 0.329 e. The molecule has 0 bridgehead atoms. The maximum Gasteiger partial charge on any atom is 0.270 e. The van der Waals surface area contributed by atoms with Crippen molar-refractivity contribution >= 4 is 15.7 Å². The Kier molecular flexibility index (Phi) is 6.46. The third-order valence-corrected chi connectivity index (χ3v) is 4.90. The lowest BCUT2D eigenvalue weighted by Gasteiger charge is -2.19. The van der Waals surface area contributed by atoms with Crippen LogP contribution in [-0.2, 0) is 16.4 Å². The van der Waals surface area contributed by atoms with Gasteiger partial charge in [0.15, 0.2) is 0 Å². The molecular weight excluding hydrogens is 306 g/mol. The van der Waals surface area contributed by atoms with Crippen LogP contribution in [0.2, 0.25) is 0 Å². The van der Waals surface area contributed by atoms with Gasteiger partial charge in [0.05, 0.1) is 9.82 Å². The van der Waals surface area contributed by atoms with Crippen molar-refractivity contribution in [2.24, 2.45) is 11.7 Å². The summed E-state index contributed by atoms with van der Waals surface area (Å²) >= 11 is 0. The van der Waals surface area contributed by atoms with E-state index in [1.165, 1.54) is 12.1 Å². The van der Waals surface area contributed by atoms with Gasteiger partial charge in [-0.1, -0.05) is 26.8 Å². The highest BCUT2D eigenvalue weighted by Gasteiger charge is 2.24. The normalized spacial score (nSPS) is 13.3. The number of rotatable bonds is 8. The average molecular weight is 329 g/mol. The Morgan fingerprint density at radius 3 is 2.45 bits per heavy atom. The zero-order valence-corrected chi connectivity index (χ0v) is 13.9. The highest BCUT2D eigenvalue weighted by atomic mass is 32.2. The molecule has 0 fully saturated rings. The minimum absolute atomic E-state index is 0.0496. The number of non-ortho nitro benzene ring substituents is 1. The third kappa shape index (κ3) is 4.75. The number of aryl methyl sites for hydroxylation is 1. The lowest BCUT2D eigenvalue weighted by Crippen LogP contribution is -2.41. The first kappa shape index (κ1) is 18.5. The van der Waals surface area contributed by atoms with Crippen LogP contribution in [0.15, 0.2) is 23.1 Å². The summed E-state index contributed by atoms with van der Waals surface area (Å²) in [6, 6.07) is 3.50. The van der Waals surface area contributed by atoms with E-state index in [0.717, 1.165) is 6.07 Å². The number of benzene rings is 1. The van der Waals surface area contributed by atoms with Crippen molar-refractivity contribution < 1.29 is 13.3 Å². The van der Waals surface area contributed by atoms with Crippen LogP contribution in [-0.4, -0.2) is 25.9 Å². The monoisotopic (exact) mass is 329 g/mol. The van der Waals surface area contributed by atoms with Gasteiger partial charge in [-0.05, 0) is 24.3 Å². The van der Waals surface area contributed by atoms with Crippen LogP contribution in [0.4, 0.5) is 5.69 Å². The summed E-state index contributed by atoms with van der Waals surface area (Å²) in [4.78, 5) is 10.2. The van der Waals surface area contributed by atoms with Crippen LogP contribution < -0.4 is 10.5 Å². The van der Waals surface area contributed by atoms with Gasteiger partial charge >= 0.3 is 0 Å². The second-order valence-corrected chi connectivity index (χ2v) is 7.27. The van der Waals surface area contributed by atoms with E-state index >= 15 is 0 Å². The molecule has 1 aromatic rings. The second kappa shape index (κ2) is 7.66. The van der Waals surface area contributed by atoms with E-state index in [2.05, 4.69) is 4.72 Å². The number of nitrogens with zero attached hydrogens (tertiary/aromatic N) is 1. The summed E-state index contributed by atoms with van der Waals surface area (Å²) in [5, 5.41) is 10.9. The summed E-state index contributed by atoms with van der Waals surface area (Å²) in [6.07, 6.45) is 1.07. The topological polar surface area (TPSA) is 115 Å². The van der Waals surface area contributed by atoms with Gasteiger partial charge in [-0.2, -0.15) is 0 Å². The molecule has 0 heterocycles. The van der Waals surface area contributed by atoms with Crippen molar-refractivity contribution in [1.82, 2.24) is 4.72 Å². The van der Waals surface area contributed by atoms with Gasteiger partial charge in [-0.25, -0.2) is 13.1 Å². The van der Waals surface area contributed by atoms with Crippen LogP contribution in [0.1, 0.15) is 32.8 Å². The number of hydrogen-bond acceptors (Lipinski definition) is 5. The molecule has 0 aromatic heterocycles. The molecule has 1 rings (SSSR count). The highest BCUT2D eigenvalue weighted by molar-refractivity contribution is 7.89. The lowest BCUT2D eigenvalue weighted by atomic mass is 10.1. The predicted octanol–water partition coefficient (Wildman–Crippen LogP) is 1.81. The molecule has 0 aliphatic rings. The minimum atomic E-state index is -3.85. The molecule has 0 amide bonds. The van der Waals surface area contributed by atoms with Crippen LogP contribution in [0.25, 0.3) is 0 Å². The van der Waals surface area contributed by atoms with Crippen molar-refractivity contribution in [3.8, 4) is 0 Å². The Hall–Kier alpha value is -1.51. The standard InChI is InChI=1S/C14H23N3O4S/c1-4-11-5-6-13(17(18)19)8-14(11)22(20,21)16-12(9-15)7-10(2)3/h5-6,8,10,12,16H,4,7,9,15H2,1-3H3. The quantitative estimate of drug-likeness (QED) is 0.557. The average Bonchev–Trinajstić information content (AvgIpc) is 2.44. The molecule has 0 aliphatic heterocycles. The van der Waals surface area contributed by atoms with E-state index in [1.807, 2.05) is 13.8 Å². The van der Waals surface area contributed by atoms with Crippen LogP contribution in [0.5, 0.6) is 0 Å². The highest BCUT2D eigenvalue weighted by Crippen LogP contribution is 2.23. The fraction of sp³-hybridized carbons (Fsp3) is 0.571. The molecule has 1 aromatic carbocycles. The molecule has 124 valence electrons. The van der Waals surface area contributed by atoms with E-state index in [1.54, 1.807) is 6.92 Å². The van der Waals surface area contributed by atoms with Crippen LogP contribution >= 0.6 is 0 Å². The Balaban J connectivity index is 3.20. The van der Waals surface area contributed by atoms with Gasteiger partial charge in [0.1, 0.15) is 0 Å². The Morgan fingerprint density at radius 2 is 2.00 bits per heavy atom. The van der Waals surface area contributed by atoms with Gasteiger partial charge in [-0.15, -0.1) is 0 Å². The van der Waals surface area contributed by atoms with Gasteiger partial charge < -0.3 is 5.73 Å². The molecule has 22 heavy (non-hydrogen) atoms. The van der Waals surface area contributed by atoms with E-state index < -0.39 is 21.0 Å². The fourth-order valence-corrected chi connectivity index (χ4v) is 3.84.